The van der Waals surface area contributed by atoms with Crippen molar-refractivity contribution in [1.82, 2.24) is 0 Å². The lowest BCUT2D eigenvalue weighted by Crippen LogP contribution is -2.33. The van der Waals surface area contributed by atoms with E-state index < -0.39 is 0 Å². The first-order valence-electron chi connectivity index (χ1n) is 7.78. The Labute approximate surface area is 134 Å². The lowest BCUT2D eigenvalue weighted by molar-refractivity contribution is -0.122. The van der Waals surface area contributed by atoms with E-state index in [-0.39, 0.29) is 35.5 Å². The first-order valence-corrected chi connectivity index (χ1v) is 7.78. The summed E-state index contributed by atoms with van der Waals surface area (Å²) in [6, 6.07) is 8.87. The highest BCUT2D eigenvalue weighted by Gasteiger charge is 2.62. The molecule has 23 heavy (non-hydrogen) atoms. The summed E-state index contributed by atoms with van der Waals surface area (Å²) in [6.45, 7) is 4.09. The minimum Gasteiger partial charge on any atom is -0.274 e. The van der Waals surface area contributed by atoms with E-state index in [0.717, 1.165) is 0 Å². The zero-order valence-electron chi connectivity index (χ0n) is 13.0. The van der Waals surface area contributed by atoms with Gasteiger partial charge in [0.25, 0.3) is 0 Å². The number of benzene rings is 1. The van der Waals surface area contributed by atoms with Crippen molar-refractivity contribution in [3.63, 3.8) is 0 Å². The second-order valence-corrected chi connectivity index (χ2v) is 6.58. The lowest BCUT2D eigenvalue weighted by Gasteiger charge is -2.20. The van der Waals surface area contributed by atoms with Gasteiger partial charge >= 0.3 is 0 Å². The molecule has 0 unspecified atom stereocenters. The van der Waals surface area contributed by atoms with E-state index in [4.69, 9.17) is 0 Å². The average Bonchev–Trinajstić information content (AvgIpc) is 3.18. The van der Waals surface area contributed by atoms with Gasteiger partial charge in [-0.2, -0.15) is 5.26 Å². The summed E-state index contributed by atoms with van der Waals surface area (Å²) in [5.41, 5.74) is 3.20. The molecule has 3 aliphatic rings. The van der Waals surface area contributed by atoms with Gasteiger partial charge in [0.05, 0.1) is 23.1 Å². The molecule has 1 heterocycles. The fourth-order valence-corrected chi connectivity index (χ4v) is 4.43. The third kappa shape index (κ3) is 1.65. The first-order chi connectivity index (χ1) is 11.1. The average molecular weight is 304 g/mol. The van der Waals surface area contributed by atoms with E-state index in [9.17, 15) is 14.9 Å². The number of imide groups is 1. The van der Waals surface area contributed by atoms with Crippen LogP contribution in [0.15, 0.2) is 47.6 Å². The van der Waals surface area contributed by atoms with Crippen molar-refractivity contribution in [1.29, 1.82) is 5.26 Å². The highest BCUT2D eigenvalue weighted by molar-refractivity contribution is 6.23. The molecule has 2 fully saturated rings. The Morgan fingerprint density at radius 3 is 2.13 bits per heavy atom. The smallest absolute Gasteiger partial charge is 0.238 e. The van der Waals surface area contributed by atoms with Crippen molar-refractivity contribution in [2.24, 2.45) is 23.7 Å². The third-order valence-corrected chi connectivity index (χ3v) is 5.26. The van der Waals surface area contributed by atoms with Crippen LogP contribution in [0.3, 0.4) is 0 Å². The minimum absolute atomic E-state index is 0.0331. The Hall–Kier alpha value is -2.67. The molecule has 4 nitrogen and oxygen atoms in total. The summed E-state index contributed by atoms with van der Waals surface area (Å²) < 4.78 is 0. The maximum atomic E-state index is 13.0. The second kappa shape index (κ2) is 4.66. The number of anilines is 1. The van der Waals surface area contributed by atoms with Gasteiger partial charge < -0.3 is 0 Å². The highest BCUT2D eigenvalue weighted by atomic mass is 16.2. The van der Waals surface area contributed by atoms with Crippen LogP contribution in [0, 0.1) is 35.0 Å². The molecule has 4 heteroatoms. The van der Waals surface area contributed by atoms with Crippen LogP contribution in [0.5, 0.6) is 0 Å². The van der Waals surface area contributed by atoms with Crippen LogP contribution in [-0.4, -0.2) is 11.8 Å². The van der Waals surface area contributed by atoms with Gasteiger partial charge in [0.2, 0.25) is 11.8 Å². The molecule has 114 valence electrons. The van der Waals surface area contributed by atoms with Crippen molar-refractivity contribution in [2.45, 2.75) is 13.8 Å². The summed E-state index contributed by atoms with van der Waals surface area (Å²) in [5, 5.41) is 9.27. The van der Waals surface area contributed by atoms with Crippen molar-refractivity contribution in [3.05, 3.63) is 53.1 Å². The van der Waals surface area contributed by atoms with E-state index in [1.165, 1.54) is 16.0 Å². The first kappa shape index (κ1) is 14.0. The number of hydrogen-bond donors (Lipinski definition) is 0. The van der Waals surface area contributed by atoms with Crippen LogP contribution >= 0.6 is 0 Å². The monoisotopic (exact) mass is 304 g/mol. The predicted octanol–water partition coefficient (Wildman–Crippen LogP) is 2.82. The molecule has 1 aromatic rings. The van der Waals surface area contributed by atoms with Crippen molar-refractivity contribution >= 4 is 17.5 Å². The van der Waals surface area contributed by atoms with Gasteiger partial charge in [0.15, 0.2) is 0 Å². The summed E-state index contributed by atoms with van der Waals surface area (Å²) in [7, 11) is 0. The number of para-hydroxylation sites is 1. The summed E-state index contributed by atoms with van der Waals surface area (Å²) in [6.07, 6.45) is 4.14. The molecule has 1 aliphatic heterocycles. The van der Waals surface area contributed by atoms with Gasteiger partial charge in [-0.25, -0.2) is 4.90 Å². The number of hydrogen-bond acceptors (Lipinski definition) is 3. The summed E-state index contributed by atoms with van der Waals surface area (Å²) in [5.74, 6) is -0.892. The molecule has 0 N–H and O–H groups in total. The van der Waals surface area contributed by atoms with Crippen molar-refractivity contribution in [2.75, 3.05) is 4.90 Å². The largest absolute Gasteiger partial charge is 0.274 e. The van der Waals surface area contributed by atoms with E-state index in [0.29, 0.717) is 11.3 Å². The van der Waals surface area contributed by atoms with E-state index in [1.807, 2.05) is 13.8 Å². The molecule has 1 aromatic carbocycles. The van der Waals surface area contributed by atoms with Crippen LogP contribution in [0.2, 0.25) is 0 Å². The Kier molecular flexibility index (Phi) is 2.83. The van der Waals surface area contributed by atoms with Gasteiger partial charge in [0.1, 0.15) is 6.07 Å². The fourth-order valence-electron chi connectivity index (χ4n) is 4.43. The number of carbonyl (C=O) groups excluding carboxylic acids is 2. The molecule has 0 aromatic heterocycles. The maximum Gasteiger partial charge on any atom is 0.238 e. The standard InChI is InChI=1S/C19H16N2O2/c1-10(2)15-12-7-8-13(15)17-16(12)18(22)21(19(17)23)14-6-4-3-5-11(14)9-20/h3-8,12-13,16-17H,1-2H3/t12-,13+,16-,17-/m1/s1. The quantitative estimate of drug-likeness (QED) is 0.592. The van der Waals surface area contributed by atoms with E-state index in [1.54, 1.807) is 24.3 Å². The van der Waals surface area contributed by atoms with Gasteiger partial charge in [-0.1, -0.05) is 35.4 Å². The highest BCUT2D eigenvalue weighted by Crippen LogP contribution is 2.57. The molecule has 0 radical (unpaired) electrons. The van der Waals surface area contributed by atoms with Gasteiger partial charge in [0, 0.05) is 11.8 Å². The summed E-state index contributed by atoms with van der Waals surface area (Å²) >= 11 is 0. The zero-order valence-corrected chi connectivity index (χ0v) is 13.0. The second-order valence-electron chi connectivity index (χ2n) is 6.58. The molecular formula is C19H16N2O2. The van der Waals surface area contributed by atoms with Crippen LogP contribution < -0.4 is 4.90 Å². The number of allylic oxidation sites excluding steroid dienone is 4. The summed E-state index contributed by atoms with van der Waals surface area (Å²) in [4.78, 5) is 27.2. The number of carbonyl (C=O) groups is 2. The Morgan fingerprint density at radius 2 is 1.61 bits per heavy atom. The van der Waals surface area contributed by atoms with Gasteiger partial charge in [-0.15, -0.1) is 0 Å². The Morgan fingerprint density at radius 1 is 1.04 bits per heavy atom. The van der Waals surface area contributed by atoms with Crippen LogP contribution in [0.4, 0.5) is 5.69 Å². The molecule has 2 amide bonds. The number of fused-ring (bicyclic) bond motifs is 5. The molecule has 2 bridgehead atoms. The zero-order chi connectivity index (χ0) is 16.3. The molecule has 1 saturated carbocycles. The van der Waals surface area contributed by atoms with Crippen molar-refractivity contribution in [3.8, 4) is 6.07 Å². The SMILES string of the molecule is CC(C)=C1[C@H]2C=C[C@@H]1[C@H]1C(=O)N(c3ccccc3C#N)C(=O)[C@@H]12. The molecule has 1 saturated heterocycles. The third-order valence-electron chi connectivity index (χ3n) is 5.26. The van der Waals surface area contributed by atoms with Crippen LogP contribution in [0.25, 0.3) is 0 Å². The van der Waals surface area contributed by atoms with E-state index in [2.05, 4.69) is 18.2 Å². The predicted molar refractivity (Wildman–Crippen MR) is 85.1 cm³/mol. The normalized spacial score (nSPS) is 30.8. The molecule has 4 atom stereocenters. The Bertz CT molecular complexity index is 805. The molecule has 2 aliphatic carbocycles. The molecule has 0 spiro atoms. The topological polar surface area (TPSA) is 61.2 Å². The lowest BCUT2D eigenvalue weighted by atomic mass is 9.85. The van der Waals surface area contributed by atoms with E-state index >= 15 is 0 Å². The molecule has 4 rings (SSSR count). The fraction of sp³-hybridized carbons (Fsp3) is 0.316. The van der Waals surface area contributed by atoms with Crippen LogP contribution in [-0.2, 0) is 9.59 Å². The maximum absolute atomic E-state index is 13.0. The van der Waals surface area contributed by atoms with Crippen LogP contribution in [0.1, 0.15) is 19.4 Å². The van der Waals surface area contributed by atoms with Crippen molar-refractivity contribution < 1.29 is 9.59 Å². The van der Waals surface area contributed by atoms with Gasteiger partial charge in [-0.05, 0) is 26.0 Å². The van der Waals surface area contributed by atoms with Gasteiger partial charge in [-0.3, -0.25) is 9.59 Å². The minimum atomic E-state index is -0.311. The molecular weight excluding hydrogens is 288 g/mol. The number of nitriles is 1. The number of amides is 2. The number of rotatable bonds is 1. The number of nitrogens with zero attached hydrogens (tertiary/aromatic N) is 2. The Balaban J connectivity index is 1.81.